The second-order valence-electron chi connectivity index (χ2n) is 5.52. The van der Waals surface area contributed by atoms with Crippen LogP contribution in [0.3, 0.4) is 0 Å². The molecule has 0 radical (unpaired) electrons. The number of anilines is 1. The lowest BCUT2D eigenvalue weighted by Crippen LogP contribution is -2.33. The number of esters is 1. The van der Waals surface area contributed by atoms with Crippen molar-refractivity contribution < 1.29 is 19.1 Å². The average molecular weight is 422 g/mol. The van der Waals surface area contributed by atoms with Crippen molar-refractivity contribution in [2.45, 2.75) is 0 Å². The minimum atomic E-state index is -0.411. The second kappa shape index (κ2) is 9.88. The van der Waals surface area contributed by atoms with E-state index >= 15 is 0 Å². The lowest BCUT2D eigenvalue weighted by atomic mass is 10.2. The van der Waals surface area contributed by atoms with Gasteiger partial charge >= 0.3 is 5.97 Å². The van der Waals surface area contributed by atoms with Crippen LogP contribution >= 0.6 is 15.9 Å². The summed E-state index contributed by atoms with van der Waals surface area (Å²) in [6.45, 7) is 1.14. The van der Waals surface area contributed by atoms with Gasteiger partial charge < -0.3 is 14.8 Å². The molecule has 0 aliphatic heterocycles. The van der Waals surface area contributed by atoms with Crippen molar-refractivity contribution in [3.05, 3.63) is 52.6 Å². The molecule has 0 unspecified atom stereocenters. The van der Waals surface area contributed by atoms with Crippen LogP contribution in [0.1, 0.15) is 10.4 Å². The molecule has 0 spiro atoms. The Morgan fingerprint density at radius 1 is 1.27 bits per heavy atom. The van der Waals surface area contributed by atoms with Gasteiger partial charge in [0, 0.05) is 17.2 Å². The van der Waals surface area contributed by atoms with E-state index in [1.165, 1.54) is 7.11 Å². The second-order valence-corrected chi connectivity index (χ2v) is 6.43. The third-order valence-corrected chi connectivity index (χ3v) is 3.87. The van der Waals surface area contributed by atoms with Gasteiger partial charge in [-0.05, 0) is 53.3 Å². The lowest BCUT2D eigenvalue weighted by molar-refractivity contribution is -0.117. The van der Waals surface area contributed by atoms with Gasteiger partial charge in [0.25, 0.3) is 0 Å². The minimum absolute atomic E-state index is 0.157. The van der Waals surface area contributed by atoms with E-state index < -0.39 is 5.97 Å². The monoisotopic (exact) mass is 421 g/mol. The normalized spacial score (nSPS) is 10.5. The number of hydrogen-bond acceptors (Lipinski definition) is 6. The van der Waals surface area contributed by atoms with Crippen LogP contribution in [0.2, 0.25) is 0 Å². The Hall–Kier alpha value is -2.45. The highest BCUT2D eigenvalue weighted by Crippen LogP contribution is 2.14. The molecule has 0 bridgehead atoms. The Morgan fingerprint density at radius 3 is 2.77 bits per heavy atom. The van der Waals surface area contributed by atoms with E-state index in [1.54, 1.807) is 36.5 Å². The summed E-state index contributed by atoms with van der Waals surface area (Å²) in [5.74, 6) is 0.507. The van der Waals surface area contributed by atoms with E-state index in [2.05, 4.69) is 31.0 Å². The van der Waals surface area contributed by atoms with Crippen LogP contribution in [0, 0.1) is 0 Å². The maximum Gasteiger partial charge on any atom is 0.337 e. The molecule has 7 nitrogen and oxygen atoms in total. The Kier molecular flexibility index (Phi) is 7.55. The molecule has 2 aromatic rings. The van der Waals surface area contributed by atoms with Gasteiger partial charge in [-0.15, -0.1) is 0 Å². The number of methoxy groups -OCH3 is 1. The topological polar surface area (TPSA) is 80.8 Å². The number of ether oxygens (including phenoxy) is 2. The van der Waals surface area contributed by atoms with E-state index in [4.69, 9.17) is 4.74 Å². The Bertz CT molecular complexity index is 752. The van der Waals surface area contributed by atoms with Crippen molar-refractivity contribution in [3.8, 4) is 5.75 Å². The number of carbonyl (C=O) groups excluding carboxylic acids is 2. The lowest BCUT2D eigenvalue weighted by Gasteiger charge is -2.16. The molecule has 1 heterocycles. The van der Waals surface area contributed by atoms with E-state index in [1.807, 2.05) is 18.0 Å². The smallest absolute Gasteiger partial charge is 0.337 e. The first-order valence-corrected chi connectivity index (χ1v) is 8.68. The average Bonchev–Trinajstić information content (AvgIpc) is 2.63. The number of halogens is 1. The molecule has 1 N–H and O–H groups in total. The van der Waals surface area contributed by atoms with Crippen LogP contribution < -0.4 is 10.1 Å². The molecule has 26 heavy (non-hydrogen) atoms. The van der Waals surface area contributed by atoms with Gasteiger partial charge in [-0.1, -0.05) is 6.07 Å². The predicted molar refractivity (Wildman–Crippen MR) is 101 cm³/mol. The standard InChI is InChI=1S/C18H20BrN3O4/c1-22(12-17(23)21-16-7-6-14(19)11-20-16)8-9-26-15-5-3-4-13(10-15)18(24)25-2/h3-7,10-11H,8-9,12H2,1-2H3,(H,20,21,23). The number of nitrogens with zero attached hydrogens (tertiary/aromatic N) is 2. The summed E-state index contributed by atoms with van der Waals surface area (Å²) < 4.78 is 11.2. The summed E-state index contributed by atoms with van der Waals surface area (Å²) in [5.41, 5.74) is 0.430. The van der Waals surface area contributed by atoms with Crippen molar-refractivity contribution in [1.82, 2.24) is 9.88 Å². The van der Waals surface area contributed by atoms with Gasteiger partial charge in [0.05, 0.1) is 19.2 Å². The first-order valence-electron chi connectivity index (χ1n) is 7.89. The minimum Gasteiger partial charge on any atom is -0.492 e. The van der Waals surface area contributed by atoms with Crippen LogP contribution in [0.15, 0.2) is 47.1 Å². The fraction of sp³-hybridized carbons (Fsp3) is 0.278. The number of hydrogen-bond donors (Lipinski definition) is 1. The maximum absolute atomic E-state index is 12.0. The van der Waals surface area contributed by atoms with Crippen LogP contribution in [-0.4, -0.2) is 55.6 Å². The van der Waals surface area contributed by atoms with E-state index in [9.17, 15) is 9.59 Å². The molecule has 0 aliphatic rings. The third kappa shape index (κ3) is 6.45. The number of nitrogens with one attached hydrogen (secondary N) is 1. The van der Waals surface area contributed by atoms with Gasteiger partial charge in [0.15, 0.2) is 0 Å². The molecule has 1 aromatic heterocycles. The van der Waals surface area contributed by atoms with Crippen LogP contribution in [0.25, 0.3) is 0 Å². The fourth-order valence-electron chi connectivity index (χ4n) is 2.11. The Balaban J connectivity index is 1.74. The van der Waals surface area contributed by atoms with Crippen molar-refractivity contribution in [3.63, 3.8) is 0 Å². The van der Waals surface area contributed by atoms with E-state index in [0.717, 1.165) is 4.47 Å². The molecule has 0 saturated carbocycles. The molecule has 2 rings (SSSR count). The fourth-order valence-corrected chi connectivity index (χ4v) is 2.34. The molecule has 1 aromatic carbocycles. The number of carbonyl (C=O) groups is 2. The summed E-state index contributed by atoms with van der Waals surface area (Å²) in [4.78, 5) is 29.4. The zero-order valence-electron chi connectivity index (χ0n) is 14.6. The third-order valence-electron chi connectivity index (χ3n) is 3.41. The highest BCUT2D eigenvalue weighted by atomic mass is 79.9. The summed E-state index contributed by atoms with van der Waals surface area (Å²) in [7, 11) is 3.16. The van der Waals surface area contributed by atoms with Crippen molar-refractivity contribution in [1.29, 1.82) is 0 Å². The van der Waals surface area contributed by atoms with Gasteiger partial charge in [-0.3, -0.25) is 9.69 Å². The predicted octanol–water partition coefficient (Wildman–Crippen LogP) is 2.58. The molecule has 138 valence electrons. The summed E-state index contributed by atoms with van der Waals surface area (Å²) in [6, 6.07) is 10.3. The Morgan fingerprint density at radius 2 is 2.08 bits per heavy atom. The number of amides is 1. The van der Waals surface area contributed by atoms with Gasteiger partial charge in [0.1, 0.15) is 18.2 Å². The summed E-state index contributed by atoms with van der Waals surface area (Å²) in [6.07, 6.45) is 1.62. The molecule has 0 fully saturated rings. The van der Waals surface area contributed by atoms with Gasteiger partial charge in [0.2, 0.25) is 5.91 Å². The van der Waals surface area contributed by atoms with Crippen molar-refractivity contribution >= 4 is 33.6 Å². The van der Waals surface area contributed by atoms with E-state index in [-0.39, 0.29) is 12.5 Å². The first kappa shape index (κ1) is 19.9. The van der Waals surface area contributed by atoms with Crippen LogP contribution in [-0.2, 0) is 9.53 Å². The molecular weight excluding hydrogens is 402 g/mol. The van der Waals surface area contributed by atoms with E-state index in [0.29, 0.717) is 30.3 Å². The summed E-state index contributed by atoms with van der Waals surface area (Å²) in [5, 5.41) is 2.73. The molecule has 8 heteroatoms. The zero-order valence-corrected chi connectivity index (χ0v) is 16.2. The zero-order chi connectivity index (χ0) is 18.9. The molecule has 1 amide bonds. The quantitative estimate of drug-likeness (QED) is 0.659. The SMILES string of the molecule is COC(=O)c1cccc(OCCN(C)CC(=O)Nc2ccc(Br)cn2)c1. The van der Waals surface area contributed by atoms with Crippen molar-refractivity contribution in [2.75, 3.05) is 39.2 Å². The Labute approximate surface area is 160 Å². The molecule has 0 aliphatic carbocycles. The van der Waals surface area contributed by atoms with Crippen LogP contribution in [0.5, 0.6) is 5.75 Å². The molecule has 0 atom stereocenters. The number of likely N-dealkylation sites (N-methyl/N-ethyl adjacent to an activating group) is 1. The number of aromatic nitrogens is 1. The maximum atomic E-state index is 12.0. The van der Waals surface area contributed by atoms with Gasteiger partial charge in [-0.2, -0.15) is 0 Å². The number of benzene rings is 1. The number of rotatable bonds is 8. The molecular formula is C18H20BrN3O4. The molecule has 0 saturated heterocycles. The highest BCUT2D eigenvalue weighted by molar-refractivity contribution is 9.10. The van der Waals surface area contributed by atoms with Crippen molar-refractivity contribution in [2.24, 2.45) is 0 Å². The summed E-state index contributed by atoms with van der Waals surface area (Å²) >= 11 is 3.29. The number of pyridine rings is 1. The van der Waals surface area contributed by atoms with Crippen LogP contribution in [0.4, 0.5) is 5.82 Å². The largest absolute Gasteiger partial charge is 0.492 e. The van der Waals surface area contributed by atoms with Gasteiger partial charge in [-0.25, -0.2) is 9.78 Å². The highest BCUT2D eigenvalue weighted by Gasteiger charge is 2.09. The first-order chi connectivity index (χ1) is 12.5.